The van der Waals surface area contributed by atoms with Gasteiger partial charge in [-0.1, -0.05) is 5.16 Å². The first-order chi connectivity index (χ1) is 10.2. The van der Waals surface area contributed by atoms with Crippen LogP contribution in [0.4, 0.5) is 0 Å². The van der Waals surface area contributed by atoms with E-state index in [4.69, 9.17) is 10.9 Å². The summed E-state index contributed by atoms with van der Waals surface area (Å²) in [6.45, 7) is 1.41. The standard InChI is InChI=1S/C15H21N3O2S/c16-14(17-20)10-4-7-18(8-5-10)15(19)12-2-1-3-13-11(12)6-9-21-13/h6,9-10,12,20H,1-5,7-8H2,(H2,16,17). The number of hydrogen-bond donors (Lipinski definition) is 2. The average molecular weight is 307 g/mol. The summed E-state index contributed by atoms with van der Waals surface area (Å²) in [6, 6.07) is 2.12. The van der Waals surface area contributed by atoms with Gasteiger partial charge in [-0.25, -0.2) is 0 Å². The number of hydrogen-bond acceptors (Lipinski definition) is 4. The Bertz CT molecular complexity index is 547. The summed E-state index contributed by atoms with van der Waals surface area (Å²) in [5.41, 5.74) is 6.90. The fraction of sp³-hybridized carbons (Fsp3) is 0.600. The van der Waals surface area contributed by atoms with E-state index in [0.717, 1.165) is 32.1 Å². The number of amidine groups is 1. The minimum absolute atomic E-state index is 0.0420. The molecule has 1 fully saturated rings. The van der Waals surface area contributed by atoms with E-state index in [1.807, 2.05) is 4.90 Å². The number of carbonyl (C=O) groups excluding carboxylic acids is 1. The summed E-state index contributed by atoms with van der Waals surface area (Å²) in [5.74, 6) is 0.690. The maximum absolute atomic E-state index is 12.8. The van der Waals surface area contributed by atoms with Crippen LogP contribution in [0, 0.1) is 5.92 Å². The highest BCUT2D eigenvalue weighted by Gasteiger charge is 2.33. The van der Waals surface area contributed by atoms with Gasteiger partial charge in [0.05, 0.1) is 5.92 Å². The fourth-order valence-corrected chi connectivity index (χ4v) is 4.43. The second-order valence-electron chi connectivity index (χ2n) is 5.87. The molecule has 5 nitrogen and oxygen atoms in total. The van der Waals surface area contributed by atoms with Crippen molar-refractivity contribution in [3.05, 3.63) is 21.9 Å². The number of fused-ring (bicyclic) bond motifs is 1. The second kappa shape index (κ2) is 6.05. The van der Waals surface area contributed by atoms with Gasteiger partial charge in [-0.15, -0.1) is 11.3 Å². The molecule has 1 aliphatic carbocycles. The molecule has 3 rings (SSSR count). The van der Waals surface area contributed by atoms with Gasteiger partial charge in [0.25, 0.3) is 0 Å². The van der Waals surface area contributed by atoms with Crippen molar-refractivity contribution >= 4 is 23.1 Å². The van der Waals surface area contributed by atoms with Crippen molar-refractivity contribution in [2.24, 2.45) is 16.8 Å². The van der Waals surface area contributed by atoms with Gasteiger partial charge in [0, 0.05) is 23.9 Å². The van der Waals surface area contributed by atoms with E-state index in [0.29, 0.717) is 18.9 Å². The van der Waals surface area contributed by atoms with Crippen LogP contribution in [0.25, 0.3) is 0 Å². The summed E-state index contributed by atoms with van der Waals surface area (Å²) in [5, 5.41) is 13.9. The maximum atomic E-state index is 12.8. The van der Waals surface area contributed by atoms with Crippen LogP contribution in [-0.2, 0) is 11.2 Å². The Morgan fingerprint density at radius 3 is 2.86 bits per heavy atom. The van der Waals surface area contributed by atoms with E-state index >= 15 is 0 Å². The molecule has 0 spiro atoms. The zero-order valence-corrected chi connectivity index (χ0v) is 12.8. The van der Waals surface area contributed by atoms with Crippen molar-refractivity contribution in [3.8, 4) is 0 Å². The number of rotatable bonds is 2. The first-order valence-electron chi connectivity index (χ1n) is 7.53. The predicted octanol–water partition coefficient (Wildman–Crippen LogP) is 2.15. The van der Waals surface area contributed by atoms with E-state index < -0.39 is 0 Å². The van der Waals surface area contributed by atoms with E-state index in [2.05, 4.69) is 16.6 Å². The summed E-state index contributed by atoms with van der Waals surface area (Å²) >= 11 is 1.77. The van der Waals surface area contributed by atoms with E-state index in [1.54, 1.807) is 11.3 Å². The Morgan fingerprint density at radius 2 is 2.14 bits per heavy atom. The van der Waals surface area contributed by atoms with E-state index in [-0.39, 0.29) is 17.7 Å². The fourth-order valence-electron chi connectivity index (χ4n) is 3.44. The molecule has 0 radical (unpaired) electrons. The summed E-state index contributed by atoms with van der Waals surface area (Å²) < 4.78 is 0. The first kappa shape index (κ1) is 14.4. The lowest BCUT2D eigenvalue weighted by atomic mass is 9.85. The Balaban J connectivity index is 1.66. The van der Waals surface area contributed by atoms with Crippen LogP contribution in [0.5, 0.6) is 0 Å². The second-order valence-corrected chi connectivity index (χ2v) is 6.87. The smallest absolute Gasteiger partial charge is 0.230 e. The molecule has 114 valence electrons. The predicted molar refractivity (Wildman–Crippen MR) is 82.7 cm³/mol. The molecule has 2 heterocycles. The van der Waals surface area contributed by atoms with Crippen LogP contribution >= 0.6 is 11.3 Å². The first-order valence-corrected chi connectivity index (χ1v) is 8.41. The number of oxime groups is 1. The van der Waals surface area contributed by atoms with Crippen LogP contribution in [0.15, 0.2) is 16.6 Å². The van der Waals surface area contributed by atoms with Crippen molar-refractivity contribution in [2.45, 2.75) is 38.0 Å². The van der Waals surface area contributed by atoms with Crippen LogP contribution in [0.3, 0.4) is 0 Å². The average Bonchev–Trinajstić information content (AvgIpc) is 3.02. The van der Waals surface area contributed by atoms with E-state index in [1.165, 1.54) is 10.4 Å². The van der Waals surface area contributed by atoms with Crippen LogP contribution < -0.4 is 5.73 Å². The highest BCUT2D eigenvalue weighted by Crippen LogP contribution is 2.36. The number of piperidine rings is 1. The molecule has 1 aromatic heterocycles. The molecular weight excluding hydrogens is 286 g/mol. The number of nitrogens with two attached hydrogens (primary N) is 1. The number of thiophene rings is 1. The molecule has 1 amide bonds. The molecule has 0 saturated carbocycles. The zero-order chi connectivity index (χ0) is 14.8. The van der Waals surface area contributed by atoms with Crippen LogP contribution in [0.2, 0.25) is 0 Å². The molecule has 1 atom stereocenters. The molecule has 6 heteroatoms. The van der Waals surface area contributed by atoms with Crippen molar-refractivity contribution in [1.82, 2.24) is 4.90 Å². The topological polar surface area (TPSA) is 78.9 Å². The Morgan fingerprint density at radius 1 is 1.38 bits per heavy atom. The third-order valence-corrected chi connectivity index (χ3v) is 5.69. The molecule has 2 aliphatic rings. The number of nitrogens with zero attached hydrogens (tertiary/aromatic N) is 2. The molecule has 1 aromatic rings. The van der Waals surface area contributed by atoms with Gasteiger partial charge in [-0.05, 0) is 49.1 Å². The monoisotopic (exact) mass is 307 g/mol. The van der Waals surface area contributed by atoms with E-state index in [9.17, 15) is 4.79 Å². The lowest BCUT2D eigenvalue weighted by Crippen LogP contribution is -2.44. The lowest BCUT2D eigenvalue weighted by molar-refractivity contribution is -0.134. The van der Waals surface area contributed by atoms with Gasteiger partial charge >= 0.3 is 0 Å². The van der Waals surface area contributed by atoms with Gasteiger partial charge in [0.2, 0.25) is 5.91 Å². The molecule has 0 aromatic carbocycles. The summed E-state index contributed by atoms with van der Waals surface area (Å²) in [6.07, 6.45) is 4.74. The molecule has 1 aliphatic heterocycles. The molecule has 21 heavy (non-hydrogen) atoms. The number of likely N-dealkylation sites (tertiary alicyclic amines) is 1. The largest absolute Gasteiger partial charge is 0.409 e. The number of amides is 1. The van der Waals surface area contributed by atoms with Crippen LogP contribution in [-0.4, -0.2) is 34.9 Å². The molecular formula is C15H21N3O2S. The summed E-state index contributed by atoms with van der Waals surface area (Å²) in [4.78, 5) is 16.1. The van der Waals surface area contributed by atoms with Crippen molar-refractivity contribution < 1.29 is 10.0 Å². The number of aryl methyl sites for hydroxylation is 1. The molecule has 1 unspecified atom stereocenters. The van der Waals surface area contributed by atoms with Gasteiger partial charge in [0.1, 0.15) is 5.84 Å². The summed E-state index contributed by atoms with van der Waals surface area (Å²) in [7, 11) is 0. The van der Waals surface area contributed by atoms with Gasteiger partial charge < -0.3 is 15.8 Å². The SMILES string of the molecule is N/C(=N/O)C1CCN(C(=O)C2CCCc3sccc32)CC1. The Labute approximate surface area is 128 Å². The third-order valence-electron chi connectivity index (χ3n) is 4.69. The minimum Gasteiger partial charge on any atom is -0.409 e. The van der Waals surface area contributed by atoms with Gasteiger partial charge in [-0.3, -0.25) is 4.79 Å². The van der Waals surface area contributed by atoms with Gasteiger partial charge in [0.15, 0.2) is 0 Å². The Kier molecular flexibility index (Phi) is 4.14. The highest BCUT2D eigenvalue weighted by molar-refractivity contribution is 7.10. The van der Waals surface area contributed by atoms with Crippen molar-refractivity contribution in [2.75, 3.05) is 13.1 Å². The lowest BCUT2D eigenvalue weighted by Gasteiger charge is -2.34. The molecule has 3 N–H and O–H groups in total. The van der Waals surface area contributed by atoms with Crippen LogP contribution in [0.1, 0.15) is 42.0 Å². The molecule has 1 saturated heterocycles. The zero-order valence-electron chi connectivity index (χ0n) is 12.0. The normalized spacial score (nSPS) is 23.9. The third kappa shape index (κ3) is 2.77. The number of carbonyl (C=O) groups is 1. The van der Waals surface area contributed by atoms with Gasteiger partial charge in [-0.2, -0.15) is 0 Å². The highest BCUT2D eigenvalue weighted by atomic mass is 32.1. The van der Waals surface area contributed by atoms with Crippen molar-refractivity contribution in [1.29, 1.82) is 0 Å². The molecule has 0 bridgehead atoms. The minimum atomic E-state index is 0.0420. The Hall–Kier alpha value is -1.56. The quantitative estimate of drug-likeness (QED) is 0.380. The maximum Gasteiger partial charge on any atom is 0.230 e. The van der Waals surface area contributed by atoms with Crippen molar-refractivity contribution in [3.63, 3.8) is 0 Å².